The number of nitrogens with one attached hydrogen (secondary N) is 1. The maximum absolute atomic E-state index is 10.0. The zero-order valence-electron chi connectivity index (χ0n) is 15.6. The molecule has 1 fully saturated rings. The Labute approximate surface area is 150 Å². The minimum atomic E-state index is 0.268. The third-order valence-corrected chi connectivity index (χ3v) is 4.76. The lowest BCUT2D eigenvalue weighted by atomic mass is 9.96. The summed E-state index contributed by atoms with van der Waals surface area (Å²) in [5.74, 6) is 2.58. The Morgan fingerprint density at radius 3 is 2.80 bits per heavy atom. The summed E-state index contributed by atoms with van der Waals surface area (Å²) >= 11 is 0. The number of ether oxygens (including phenoxy) is 2. The minimum absolute atomic E-state index is 0.268. The lowest BCUT2D eigenvalue weighted by Gasteiger charge is -2.26. The molecule has 1 aromatic carbocycles. The van der Waals surface area contributed by atoms with Crippen molar-refractivity contribution in [1.82, 2.24) is 10.2 Å². The first-order chi connectivity index (χ1) is 12.1. The fourth-order valence-corrected chi connectivity index (χ4v) is 3.09. The van der Waals surface area contributed by atoms with Crippen molar-refractivity contribution in [3.8, 4) is 11.5 Å². The van der Waals surface area contributed by atoms with Gasteiger partial charge in [0.05, 0.1) is 7.11 Å². The Bertz CT molecular complexity index is 557. The summed E-state index contributed by atoms with van der Waals surface area (Å²) in [6.07, 6.45) is 4.22. The fraction of sp³-hybridized carbons (Fsp3) is 0.632. The highest BCUT2D eigenvalue weighted by Crippen LogP contribution is 2.23. The summed E-state index contributed by atoms with van der Waals surface area (Å²) < 4.78 is 10.5. The van der Waals surface area contributed by atoms with Crippen LogP contribution in [-0.2, 0) is 11.2 Å². The van der Waals surface area contributed by atoms with Crippen LogP contribution in [-0.4, -0.2) is 63.5 Å². The summed E-state index contributed by atoms with van der Waals surface area (Å²) in [5, 5.41) is 13.4. The van der Waals surface area contributed by atoms with Crippen molar-refractivity contribution in [2.75, 3.05) is 47.5 Å². The molecule has 1 aromatic rings. The topological polar surface area (TPSA) is 66.3 Å². The molecule has 0 bridgehead atoms. The molecule has 0 unspecified atom stereocenters. The van der Waals surface area contributed by atoms with Crippen LogP contribution in [0.1, 0.15) is 24.8 Å². The van der Waals surface area contributed by atoms with E-state index in [1.54, 1.807) is 20.2 Å². The van der Waals surface area contributed by atoms with Crippen molar-refractivity contribution in [1.29, 1.82) is 0 Å². The molecule has 140 valence electrons. The second-order valence-electron chi connectivity index (χ2n) is 6.48. The summed E-state index contributed by atoms with van der Waals surface area (Å²) in [4.78, 5) is 6.53. The van der Waals surface area contributed by atoms with Crippen LogP contribution in [0, 0.1) is 5.92 Å². The summed E-state index contributed by atoms with van der Waals surface area (Å²) in [5.41, 5.74) is 0.897. The highest BCUT2D eigenvalue weighted by Gasteiger charge is 2.15. The normalized spacial score (nSPS) is 15.9. The van der Waals surface area contributed by atoms with Crippen molar-refractivity contribution in [3.05, 3.63) is 23.8 Å². The monoisotopic (exact) mass is 349 g/mol. The Hall–Kier alpha value is -1.95. The van der Waals surface area contributed by atoms with Crippen molar-refractivity contribution in [3.63, 3.8) is 0 Å². The van der Waals surface area contributed by atoms with Gasteiger partial charge in [-0.15, -0.1) is 0 Å². The standard InChI is InChI=1S/C19H31N3O3/c1-20-19(22(2)11-7-15-8-12-25-13-9-15)21-10-6-16-4-5-17(24-3)14-18(16)23/h4-5,14-15,23H,6-13H2,1-3H3,(H,20,21). The molecule has 0 aliphatic carbocycles. The summed E-state index contributed by atoms with van der Waals surface area (Å²) in [6, 6.07) is 5.40. The van der Waals surface area contributed by atoms with Crippen molar-refractivity contribution in [2.45, 2.75) is 25.7 Å². The molecule has 1 saturated heterocycles. The molecule has 2 N–H and O–H groups in total. The van der Waals surface area contributed by atoms with Crippen molar-refractivity contribution < 1.29 is 14.6 Å². The zero-order chi connectivity index (χ0) is 18.1. The van der Waals surface area contributed by atoms with Crippen LogP contribution < -0.4 is 10.1 Å². The maximum Gasteiger partial charge on any atom is 0.193 e. The number of rotatable bonds is 7. The third kappa shape index (κ3) is 6.12. The van der Waals surface area contributed by atoms with Gasteiger partial charge in [-0.3, -0.25) is 4.99 Å². The molecular weight excluding hydrogens is 318 g/mol. The number of aliphatic imine (C=N–C) groups is 1. The third-order valence-electron chi connectivity index (χ3n) is 4.76. The maximum atomic E-state index is 10.0. The van der Waals surface area contributed by atoms with Crippen molar-refractivity contribution >= 4 is 5.96 Å². The highest BCUT2D eigenvalue weighted by molar-refractivity contribution is 5.79. The van der Waals surface area contributed by atoms with Crippen LogP contribution in [0.15, 0.2) is 23.2 Å². The quantitative estimate of drug-likeness (QED) is 0.584. The van der Waals surface area contributed by atoms with Gasteiger partial charge in [0, 0.05) is 46.5 Å². The number of aromatic hydroxyl groups is 1. The van der Waals surface area contributed by atoms with Gasteiger partial charge < -0.3 is 24.8 Å². The summed E-state index contributed by atoms with van der Waals surface area (Å²) in [7, 11) is 5.47. The van der Waals surface area contributed by atoms with E-state index in [9.17, 15) is 5.11 Å². The van der Waals surface area contributed by atoms with Gasteiger partial charge in [-0.25, -0.2) is 0 Å². The van der Waals surface area contributed by atoms with Crippen LogP contribution >= 0.6 is 0 Å². The predicted molar refractivity (Wildman–Crippen MR) is 101 cm³/mol. The number of hydrogen-bond donors (Lipinski definition) is 2. The number of phenols is 1. The molecule has 1 aliphatic rings. The molecule has 0 amide bonds. The first kappa shape index (κ1) is 19.4. The molecule has 1 aliphatic heterocycles. The second-order valence-corrected chi connectivity index (χ2v) is 6.48. The Kier molecular flexibility index (Phi) is 7.85. The van der Waals surface area contributed by atoms with E-state index in [4.69, 9.17) is 9.47 Å². The van der Waals surface area contributed by atoms with E-state index >= 15 is 0 Å². The first-order valence-electron chi connectivity index (χ1n) is 8.99. The molecule has 0 atom stereocenters. The molecular formula is C19H31N3O3. The zero-order valence-corrected chi connectivity index (χ0v) is 15.6. The smallest absolute Gasteiger partial charge is 0.193 e. The van der Waals surface area contributed by atoms with E-state index < -0.39 is 0 Å². The van der Waals surface area contributed by atoms with Gasteiger partial charge in [0.25, 0.3) is 0 Å². The SMILES string of the molecule is CN=C(NCCc1ccc(OC)cc1O)N(C)CCC1CCOCC1. The molecule has 0 aromatic heterocycles. The number of hydrogen-bond acceptors (Lipinski definition) is 4. The lowest BCUT2D eigenvalue weighted by molar-refractivity contribution is 0.0625. The van der Waals surface area contributed by atoms with Gasteiger partial charge in [-0.05, 0) is 43.2 Å². The largest absolute Gasteiger partial charge is 0.508 e. The Balaban J connectivity index is 1.75. The van der Waals surface area contributed by atoms with Crippen LogP contribution in [0.25, 0.3) is 0 Å². The van der Waals surface area contributed by atoms with E-state index in [2.05, 4.69) is 22.3 Å². The molecule has 25 heavy (non-hydrogen) atoms. The Morgan fingerprint density at radius 2 is 2.16 bits per heavy atom. The predicted octanol–water partition coefficient (Wildman–Crippen LogP) is 2.27. The fourth-order valence-electron chi connectivity index (χ4n) is 3.09. The van der Waals surface area contributed by atoms with Crippen LogP contribution in [0.5, 0.6) is 11.5 Å². The molecule has 6 nitrogen and oxygen atoms in total. The number of nitrogens with zero attached hydrogens (tertiary/aromatic N) is 2. The summed E-state index contributed by atoms with van der Waals surface area (Å²) in [6.45, 7) is 3.49. The van der Waals surface area contributed by atoms with E-state index in [0.29, 0.717) is 12.3 Å². The number of methoxy groups -OCH3 is 1. The van der Waals surface area contributed by atoms with E-state index in [0.717, 1.165) is 56.5 Å². The first-order valence-corrected chi connectivity index (χ1v) is 8.99. The van der Waals surface area contributed by atoms with Gasteiger partial charge in [0.1, 0.15) is 11.5 Å². The molecule has 6 heteroatoms. The van der Waals surface area contributed by atoms with Gasteiger partial charge in [0.15, 0.2) is 5.96 Å². The van der Waals surface area contributed by atoms with E-state index in [1.165, 1.54) is 6.42 Å². The van der Waals surface area contributed by atoms with Crippen LogP contribution in [0.4, 0.5) is 0 Å². The molecule has 2 rings (SSSR count). The lowest BCUT2D eigenvalue weighted by Crippen LogP contribution is -2.40. The van der Waals surface area contributed by atoms with Gasteiger partial charge >= 0.3 is 0 Å². The molecule has 0 radical (unpaired) electrons. The van der Waals surface area contributed by atoms with Crippen LogP contribution in [0.2, 0.25) is 0 Å². The average molecular weight is 349 g/mol. The van der Waals surface area contributed by atoms with E-state index in [-0.39, 0.29) is 5.75 Å². The van der Waals surface area contributed by atoms with Gasteiger partial charge in [-0.1, -0.05) is 6.07 Å². The number of guanidine groups is 1. The average Bonchev–Trinajstić information content (AvgIpc) is 2.65. The van der Waals surface area contributed by atoms with Crippen molar-refractivity contribution in [2.24, 2.45) is 10.9 Å². The molecule has 0 saturated carbocycles. The minimum Gasteiger partial charge on any atom is -0.508 e. The highest BCUT2D eigenvalue weighted by atomic mass is 16.5. The number of benzene rings is 1. The second kappa shape index (κ2) is 10.1. The molecule has 1 heterocycles. The van der Waals surface area contributed by atoms with Crippen LogP contribution in [0.3, 0.4) is 0 Å². The Morgan fingerprint density at radius 1 is 1.40 bits per heavy atom. The molecule has 0 spiro atoms. The van der Waals surface area contributed by atoms with E-state index in [1.807, 2.05) is 12.1 Å². The number of phenolic OH excluding ortho intramolecular Hbond substituents is 1. The van der Waals surface area contributed by atoms with Gasteiger partial charge in [0.2, 0.25) is 0 Å². The van der Waals surface area contributed by atoms with Gasteiger partial charge in [-0.2, -0.15) is 0 Å².